The van der Waals surface area contributed by atoms with Crippen LogP contribution in [0.3, 0.4) is 0 Å². The Kier molecular flexibility index (Phi) is 13.1. The number of unbranched alkanes of at least 4 members (excludes halogenated alkanes) is 9. The SMILES string of the molecule is CCCCCCCCCCCCOC(=O)C(Sc1ccccc1N(C)C(C)=O)c1cnsn1. The molecule has 0 spiro atoms. The molecule has 6 nitrogen and oxygen atoms in total. The van der Waals surface area contributed by atoms with Crippen molar-refractivity contribution in [1.29, 1.82) is 0 Å². The van der Waals surface area contributed by atoms with Crippen LogP contribution in [0.15, 0.2) is 35.4 Å². The van der Waals surface area contributed by atoms with E-state index in [1.54, 1.807) is 18.1 Å². The average molecular weight is 492 g/mol. The van der Waals surface area contributed by atoms with Crippen LogP contribution in [0.2, 0.25) is 0 Å². The van der Waals surface area contributed by atoms with Gasteiger partial charge in [0.1, 0.15) is 0 Å². The summed E-state index contributed by atoms with van der Waals surface area (Å²) in [5.74, 6) is -0.387. The summed E-state index contributed by atoms with van der Waals surface area (Å²) in [7, 11) is 1.73. The lowest BCUT2D eigenvalue weighted by atomic mass is 10.1. The highest BCUT2D eigenvalue weighted by Crippen LogP contribution is 2.40. The Balaban J connectivity index is 1.82. The molecule has 1 unspecified atom stereocenters. The molecule has 0 saturated carbocycles. The van der Waals surface area contributed by atoms with Gasteiger partial charge in [-0.1, -0.05) is 76.8 Å². The molecule has 0 bridgehead atoms. The number of rotatable bonds is 16. The van der Waals surface area contributed by atoms with Gasteiger partial charge in [0.2, 0.25) is 5.91 Å². The molecule has 33 heavy (non-hydrogen) atoms. The Labute approximate surface area is 206 Å². The second kappa shape index (κ2) is 15.8. The van der Waals surface area contributed by atoms with Gasteiger partial charge in [-0.2, -0.15) is 8.75 Å². The minimum Gasteiger partial charge on any atom is -0.465 e. The third-order valence-corrected chi connectivity index (χ3v) is 7.31. The number of carbonyl (C=O) groups excluding carboxylic acids is 2. The number of para-hydroxylation sites is 1. The Hall–Kier alpha value is -1.93. The fourth-order valence-corrected chi connectivity index (χ4v) is 5.14. The van der Waals surface area contributed by atoms with Gasteiger partial charge in [-0.25, -0.2) is 0 Å². The number of esters is 1. The van der Waals surface area contributed by atoms with Crippen LogP contribution in [0.1, 0.15) is 89.0 Å². The highest BCUT2D eigenvalue weighted by molar-refractivity contribution is 8.00. The number of aromatic nitrogens is 2. The van der Waals surface area contributed by atoms with E-state index in [0.717, 1.165) is 35.2 Å². The number of benzene rings is 1. The van der Waals surface area contributed by atoms with Gasteiger partial charge in [-0.3, -0.25) is 9.59 Å². The van der Waals surface area contributed by atoms with Gasteiger partial charge in [0.15, 0.2) is 5.25 Å². The second-order valence-electron chi connectivity index (χ2n) is 8.23. The van der Waals surface area contributed by atoms with Crippen molar-refractivity contribution >= 4 is 41.1 Å². The fraction of sp³-hybridized carbons (Fsp3) is 0.600. The Morgan fingerprint density at radius 1 is 1.03 bits per heavy atom. The lowest BCUT2D eigenvalue weighted by molar-refractivity contribution is -0.143. The quantitative estimate of drug-likeness (QED) is 0.146. The van der Waals surface area contributed by atoms with E-state index in [4.69, 9.17) is 4.74 Å². The molecule has 0 radical (unpaired) electrons. The third kappa shape index (κ3) is 9.84. The Morgan fingerprint density at radius 3 is 2.27 bits per heavy atom. The van der Waals surface area contributed by atoms with Gasteiger partial charge in [-0.05, 0) is 18.6 Å². The smallest absolute Gasteiger partial charge is 0.325 e. The second-order valence-corrected chi connectivity index (χ2v) is 9.93. The summed E-state index contributed by atoms with van der Waals surface area (Å²) in [5.41, 5.74) is 1.34. The Morgan fingerprint density at radius 2 is 1.67 bits per heavy atom. The lowest BCUT2D eigenvalue weighted by Gasteiger charge is -2.21. The number of anilines is 1. The van der Waals surface area contributed by atoms with Crippen LogP contribution in [-0.2, 0) is 14.3 Å². The van der Waals surface area contributed by atoms with Crippen LogP contribution in [0.5, 0.6) is 0 Å². The molecule has 182 valence electrons. The van der Waals surface area contributed by atoms with Crippen molar-refractivity contribution in [3.63, 3.8) is 0 Å². The van der Waals surface area contributed by atoms with Crippen LogP contribution in [0.4, 0.5) is 5.69 Å². The van der Waals surface area contributed by atoms with Crippen molar-refractivity contribution < 1.29 is 14.3 Å². The zero-order valence-corrected chi connectivity index (χ0v) is 21.8. The van der Waals surface area contributed by atoms with Crippen LogP contribution in [0, 0.1) is 0 Å². The predicted molar refractivity (Wildman–Crippen MR) is 137 cm³/mol. The fourth-order valence-electron chi connectivity index (χ4n) is 3.49. The summed E-state index contributed by atoms with van der Waals surface area (Å²) in [6.45, 7) is 4.18. The van der Waals surface area contributed by atoms with Crippen molar-refractivity contribution in [2.45, 2.75) is 88.2 Å². The van der Waals surface area contributed by atoms with Crippen LogP contribution in [-0.4, -0.2) is 34.3 Å². The van der Waals surface area contributed by atoms with Crippen molar-refractivity contribution in [2.75, 3.05) is 18.6 Å². The first-order valence-electron chi connectivity index (χ1n) is 12.0. The minimum atomic E-state index is -0.617. The maximum Gasteiger partial charge on any atom is 0.325 e. The van der Waals surface area contributed by atoms with Gasteiger partial charge in [0, 0.05) is 18.9 Å². The molecule has 1 aromatic heterocycles. The zero-order chi connectivity index (χ0) is 23.9. The largest absolute Gasteiger partial charge is 0.465 e. The molecule has 0 aliphatic heterocycles. The minimum absolute atomic E-state index is 0.0709. The normalized spacial score (nSPS) is 11.8. The zero-order valence-electron chi connectivity index (χ0n) is 20.1. The van der Waals surface area contributed by atoms with E-state index in [1.807, 2.05) is 24.3 Å². The van der Waals surface area contributed by atoms with E-state index in [2.05, 4.69) is 15.7 Å². The predicted octanol–water partition coefficient (Wildman–Crippen LogP) is 6.82. The summed E-state index contributed by atoms with van der Waals surface area (Å²) in [6.07, 6.45) is 14.0. The summed E-state index contributed by atoms with van der Waals surface area (Å²) in [5, 5.41) is -0.617. The topological polar surface area (TPSA) is 72.4 Å². The average Bonchev–Trinajstić information content (AvgIpc) is 3.35. The van der Waals surface area contributed by atoms with Gasteiger partial charge >= 0.3 is 5.97 Å². The highest BCUT2D eigenvalue weighted by Gasteiger charge is 2.27. The summed E-state index contributed by atoms with van der Waals surface area (Å²) < 4.78 is 14.0. The number of thioether (sulfide) groups is 1. The molecule has 2 rings (SSSR count). The standard InChI is InChI=1S/C25H37N3O3S2/c1-4-5-6-7-8-9-10-11-12-15-18-31-25(30)24(21-19-26-33-27-21)32-23-17-14-13-16-22(23)28(3)20(2)29/h13-14,16-17,19,24H,4-12,15,18H2,1-3H3. The van der Waals surface area contributed by atoms with Gasteiger partial charge in [-0.15, -0.1) is 11.8 Å². The molecule has 0 N–H and O–H groups in total. The lowest BCUT2D eigenvalue weighted by Crippen LogP contribution is -2.23. The highest BCUT2D eigenvalue weighted by atomic mass is 32.2. The Bertz CT molecular complexity index is 830. The molecule has 0 fully saturated rings. The molecule has 8 heteroatoms. The van der Waals surface area contributed by atoms with Crippen LogP contribution >= 0.6 is 23.5 Å². The molecule has 2 aromatic rings. The van der Waals surface area contributed by atoms with Gasteiger partial charge in [0.25, 0.3) is 0 Å². The number of amides is 1. The van der Waals surface area contributed by atoms with E-state index in [9.17, 15) is 9.59 Å². The molecule has 1 heterocycles. The number of ether oxygens (including phenoxy) is 1. The third-order valence-electron chi connectivity index (χ3n) is 5.55. The number of hydrogen-bond donors (Lipinski definition) is 0. The number of carbonyl (C=O) groups is 2. The van der Waals surface area contributed by atoms with E-state index in [1.165, 1.54) is 70.1 Å². The summed E-state index contributed by atoms with van der Waals surface area (Å²) in [6, 6.07) is 7.55. The maximum atomic E-state index is 12.9. The van der Waals surface area contributed by atoms with Gasteiger partial charge in [0.05, 0.1) is 35.9 Å². The van der Waals surface area contributed by atoms with Crippen molar-refractivity contribution in [3.8, 4) is 0 Å². The van der Waals surface area contributed by atoms with Crippen LogP contribution < -0.4 is 4.90 Å². The molecular weight excluding hydrogens is 454 g/mol. The monoisotopic (exact) mass is 491 g/mol. The number of hydrogen-bond acceptors (Lipinski definition) is 7. The molecule has 1 amide bonds. The molecule has 1 aromatic carbocycles. The van der Waals surface area contributed by atoms with Crippen molar-refractivity contribution in [3.05, 3.63) is 36.2 Å². The van der Waals surface area contributed by atoms with E-state index < -0.39 is 5.25 Å². The van der Waals surface area contributed by atoms with Crippen LogP contribution in [0.25, 0.3) is 0 Å². The molecule has 0 aliphatic rings. The van der Waals surface area contributed by atoms with E-state index >= 15 is 0 Å². The first-order valence-corrected chi connectivity index (χ1v) is 13.6. The molecule has 0 saturated heterocycles. The molecule has 0 aliphatic carbocycles. The van der Waals surface area contributed by atoms with Gasteiger partial charge < -0.3 is 9.64 Å². The van der Waals surface area contributed by atoms with E-state index in [-0.39, 0.29) is 11.9 Å². The summed E-state index contributed by atoms with van der Waals surface area (Å²) >= 11 is 2.42. The molecular formula is C25H37N3O3S2. The van der Waals surface area contributed by atoms with Crippen molar-refractivity contribution in [2.24, 2.45) is 0 Å². The first-order chi connectivity index (χ1) is 16.0. The maximum absolute atomic E-state index is 12.9. The first kappa shape index (κ1) is 27.3. The summed E-state index contributed by atoms with van der Waals surface area (Å²) in [4.78, 5) is 27.2. The van der Waals surface area contributed by atoms with E-state index in [0.29, 0.717) is 12.3 Å². The molecule has 1 atom stereocenters. The number of nitrogens with zero attached hydrogens (tertiary/aromatic N) is 3. The van der Waals surface area contributed by atoms with Crippen molar-refractivity contribution in [1.82, 2.24) is 8.75 Å².